The van der Waals surface area contributed by atoms with Crippen molar-refractivity contribution in [3.63, 3.8) is 0 Å². The first-order chi connectivity index (χ1) is 16.7. The van der Waals surface area contributed by atoms with Gasteiger partial charge in [0.1, 0.15) is 6.61 Å². The first kappa shape index (κ1) is 30.3. The van der Waals surface area contributed by atoms with Crippen molar-refractivity contribution in [1.82, 2.24) is 4.90 Å². The van der Waals surface area contributed by atoms with Crippen LogP contribution in [0.15, 0.2) is 42.0 Å². The summed E-state index contributed by atoms with van der Waals surface area (Å²) in [4.78, 5) is 27.0. The van der Waals surface area contributed by atoms with Gasteiger partial charge in [0.2, 0.25) is 5.91 Å². The van der Waals surface area contributed by atoms with E-state index in [-0.39, 0.29) is 47.6 Å². The maximum absolute atomic E-state index is 13.3. The van der Waals surface area contributed by atoms with Crippen molar-refractivity contribution in [2.75, 3.05) is 13.7 Å². The van der Waals surface area contributed by atoms with E-state index in [1.807, 2.05) is 44.2 Å². The van der Waals surface area contributed by atoms with Crippen LogP contribution in [0.5, 0.6) is 0 Å². The quantitative estimate of drug-likeness (QED) is 0.244. The van der Waals surface area contributed by atoms with Gasteiger partial charge in [-0.1, -0.05) is 76.6 Å². The van der Waals surface area contributed by atoms with E-state index in [1.54, 1.807) is 7.11 Å². The molecule has 6 nitrogen and oxygen atoms in total. The number of hydrogen-bond donors (Lipinski definition) is 0. The Kier molecular flexibility index (Phi) is 10.5. The molecule has 0 saturated carbocycles. The predicted molar refractivity (Wildman–Crippen MR) is 147 cm³/mol. The molecule has 1 saturated heterocycles. The van der Waals surface area contributed by atoms with Crippen LogP contribution in [0.25, 0.3) is 0 Å². The molecule has 1 aromatic carbocycles. The molecule has 0 bridgehead atoms. The summed E-state index contributed by atoms with van der Waals surface area (Å²) in [6.07, 6.45) is 2.65. The average Bonchev–Trinajstić information content (AvgIpc) is 3.12. The van der Waals surface area contributed by atoms with Crippen molar-refractivity contribution in [3.8, 4) is 0 Å². The molecule has 2 amide bonds. The number of carbonyl (C=O) groups is 2. The number of amides is 2. The lowest BCUT2D eigenvalue weighted by Crippen LogP contribution is -2.47. The number of nitrogens with zero attached hydrogens (tertiary/aromatic N) is 1. The van der Waals surface area contributed by atoms with Crippen LogP contribution in [-0.4, -0.2) is 57.2 Å². The van der Waals surface area contributed by atoms with Crippen molar-refractivity contribution < 1.29 is 23.5 Å². The van der Waals surface area contributed by atoms with E-state index < -0.39 is 14.4 Å². The molecule has 36 heavy (non-hydrogen) atoms. The molecule has 1 aliphatic heterocycles. The van der Waals surface area contributed by atoms with Crippen LogP contribution in [0.4, 0.5) is 4.79 Å². The molecule has 0 N–H and O–H groups in total. The van der Waals surface area contributed by atoms with E-state index in [1.165, 1.54) is 4.90 Å². The van der Waals surface area contributed by atoms with Gasteiger partial charge in [-0.15, -0.1) is 0 Å². The molecule has 0 aromatic heterocycles. The molecule has 202 valence electrons. The number of ether oxygens (including phenoxy) is 2. The Labute approximate surface area is 219 Å². The van der Waals surface area contributed by atoms with Crippen molar-refractivity contribution in [2.45, 2.75) is 97.7 Å². The van der Waals surface area contributed by atoms with Gasteiger partial charge in [0.25, 0.3) is 0 Å². The minimum Gasteiger partial charge on any atom is -0.447 e. The van der Waals surface area contributed by atoms with Gasteiger partial charge in [-0.2, -0.15) is 0 Å². The number of methoxy groups -OCH3 is 1. The van der Waals surface area contributed by atoms with Crippen LogP contribution >= 0.6 is 0 Å². The summed E-state index contributed by atoms with van der Waals surface area (Å²) in [6.45, 7) is 19.6. The van der Waals surface area contributed by atoms with E-state index in [0.29, 0.717) is 12.8 Å². The van der Waals surface area contributed by atoms with Gasteiger partial charge < -0.3 is 13.9 Å². The zero-order chi connectivity index (χ0) is 27.3. The third-order valence-electron chi connectivity index (χ3n) is 7.65. The molecule has 7 heteroatoms. The number of benzene rings is 1. The first-order valence-electron chi connectivity index (χ1n) is 13.1. The summed E-state index contributed by atoms with van der Waals surface area (Å²) in [5.41, 5.74) is 2.17. The van der Waals surface area contributed by atoms with Gasteiger partial charge in [0.05, 0.1) is 18.2 Å². The highest BCUT2D eigenvalue weighted by atomic mass is 28.4. The van der Waals surface area contributed by atoms with Gasteiger partial charge in [-0.05, 0) is 50.4 Å². The maximum atomic E-state index is 13.3. The topological polar surface area (TPSA) is 65.1 Å². The molecule has 1 aliphatic rings. The van der Waals surface area contributed by atoms with Crippen LogP contribution in [0.1, 0.15) is 60.5 Å². The minimum atomic E-state index is -1.93. The van der Waals surface area contributed by atoms with Crippen molar-refractivity contribution in [2.24, 2.45) is 11.8 Å². The lowest BCUT2D eigenvalue weighted by Gasteiger charge is -2.41. The summed E-state index contributed by atoms with van der Waals surface area (Å²) < 4.78 is 17.7. The fourth-order valence-electron chi connectivity index (χ4n) is 4.73. The molecule has 5 atom stereocenters. The van der Waals surface area contributed by atoms with Crippen LogP contribution < -0.4 is 0 Å². The highest BCUT2D eigenvalue weighted by Gasteiger charge is 2.41. The first-order valence-corrected chi connectivity index (χ1v) is 16.0. The Morgan fingerprint density at radius 2 is 1.81 bits per heavy atom. The molecule has 0 radical (unpaired) electrons. The summed E-state index contributed by atoms with van der Waals surface area (Å²) in [7, 11) is -0.195. The van der Waals surface area contributed by atoms with Gasteiger partial charge in [0, 0.05) is 18.9 Å². The van der Waals surface area contributed by atoms with Crippen molar-refractivity contribution in [3.05, 3.63) is 47.5 Å². The highest BCUT2D eigenvalue weighted by molar-refractivity contribution is 6.74. The summed E-state index contributed by atoms with van der Waals surface area (Å²) in [6, 6.07) is 9.61. The number of imide groups is 1. The third kappa shape index (κ3) is 7.77. The van der Waals surface area contributed by atoms with E-state index in [0.717, 1.165) is 11.1 Å². The lowest BCUT2D eigenvalue weighted by atomic mass is 9.93. The third-order valence-corrected chi connectivity index (χ3v) is 12.2. The van der Waals surface area contributed by atoms with Crippen LogP contribution in [0.3, 0.4) is 0 Å². The Balaban J connectivity index is 2.04. The number of carbonyl (C=O) groups excluding carboxylic acids is 2. The summed E-state index contributed by atoms with van der Waals surface area (Å²) in [5, 5.41) is 0.124. The zero-order valence-electron chi connectivity index (χ0n) is 24.0. The minimum absolute atomic E-state index is 0.0490. The molecule has 1 heterocycles. The molecule has 0 spiro atoms. The van der Waals surface area contributed by atoms with Gasteiger partial charge in [-0.3, -0.25) is 4.79 Å². The van der Waals surface area contributed by atoms with E-state index in [2.05, 4.69) is 53.8 Å². The van der Waals surface area contributed by atoms with E-state index in [9.17, 15) is 9.59 Å². The molecule has 1 fully saturated rings. The number of hydrogen-bond acceptors (Lipinski definition) is 5. The second kappa shape index (κ2) is 12.5. The molecular weight excluding hydrogens is 470 g/mol. The summed E-state index contributed by atoms with van der Waals surface area (Å²) in [5.74, 6) is -0.407. The molecule has 0 unspecified atom stereocenters. The maximum Gasteiger partial charge on any atom is 0.416 e. The highest BCUT2D eigenvalue weighted by Crippen LogP contribution is 2.38. The van der Waals surface area contributed by atoms with Gasteiger partial charge in [-0.25, -0.2) is 9.69 Å². The van der Waals surface area contributed by atoms with Crippen molar-refractivity contribution in [1.29, 1.82) is 0 Å². The summed E-state index contributed by atoms with van der Waals surface area (Å²) >= 11 is 0. The zero-order valence-corrected chi connectivity index (χ0v) is 25.0. The van der Waals surface area contributed by atoms with Crippen LogP contribution in [0, 0.1) is 11.8 Å². The largest absolute Gasteiger partial charge is 0.447 e. The molecule has 1 aromatic rings. The van der Waals surface area contributed by atoms with Crippen LogP contribution in [0.2, 0.25) is 18.1 Å². The number of allylic oxidation sites excluding steroid dienone is 1. The fraction of sp³-hybridized carbons (Fsp3) is 0.655. The number of cyclic esters (lactones) is 1. The fourth-order valence-corrected chi connectivity index (χ4v) is 6.15. The van der Waals surface area contributed by atoms with Crippen LogP contribution in [-0.2, 0) is 25.1 Å². The Morgan fingerprint density at radius 1 is 1.19 bits per heavy atom. The molecule has 2 rings (SSSR count). The standard InChI is InChI=1S/C29H47NO5Si/c1-20(16-21(2)26(33-8)23(4)35-36(9,10)29(5,6)7)17-22(3)27(31)30-25(19-34-28(30)32)18-24-14-12-11-13-15-24/h11-16,21-23,25-26H,17-19H2,1-10H3/b20-16+/t21-,22-,23+,25+,26+/m0/s1. The van der Waals surface area contributed by atoms with Crippen molar-refractivity contribution >= 4 is 20.3 Å². The second-order valence-electron chi connectivity index (χ2n) is 11.9. The predicted octanol–water partition coefficient (Wildman–Crippen LogP) is 6.61. The Hall–Kier alpha value is -1.96. The molecule has 0 aliphatic carbocycles. The monoisotopic (exact) mass is 517 g/mol. The Bertz CT molecular complexity index is 908. The average molecular weight is 518 g/mol. The smallest absolute Gasteiger partial charge is 0.416 e. The SMILES string of the molecule is CO[C@H]([C@@H](C)/C=C(\C)C[C@H](C)C(=O)N1C(=O)OC[C@H]1Cc1ccccc1)[C@@H](C)O[Si](C)(C)C(C)(C)C. The normalized spacial score (nSPS) is 20.6. The van der Waals surface area contributed by atoms with Gasteiger partial charge >= 0.3 is 6.09 Å². The Morgan fingerprint density at radius 3 is 2.36 bits per heavy atom. The van der Waals surface area contributed by atoms with E-state index >= 15 is 0 Å². The second-order valence-corrected chi connectivity index (χ2v) is 16.6. The number of rotatable bonds is 11. The molecular formula is C29H47NO5Si. The lowest BCUT2D eigenvalue weighted by molar-refractivity contribution is -0.132. The van der Waals surface area contributed by atoms with E-state index in [4.69, 9.17) is 13.9 Å². The van der Waals surface area contributed by atoms with Gasteiger partial charge in [0.15, 0.2) is 8.32 Å².